The number of nitrogens with one attached hydrogen (secondary N) is 2. The Balaban J connectivity index is 1.31. The lowest BCUT2D eigenvalue weighted by Gasteiger charge is -2.28. The molecule has 3 heterocycles. The SMILES string of the molecule is CC(C)C(NC[C@@H](O)[C@H](Cc1ccc(O)cc1)NC(=O)Oc1coc2occc12)S(=O)(=O)c1ccc2c(c1)OCO2. The van der Waals surface area contributed by atoms with Gasteiger partial charge in [0.25, 0.3) is 0 Å². The number of sulfone groups is 1. The summed E-state index contributed by atoms with van der Waals surface area (Å²) in [5.41, 5.74) is 0.709. The Morgan fingerprint density at radius 1 is 1.05 bits per heavy atom. The Bertz CT molecular complexity index is 1610. The molecule has 12 nitrogen and oxygen atoms in total. The fourth-order valence-corrected chi connectivity index (χ4v) is 6.41. The van der Waals surface area contributed by atoms with Crippen molar-refractivity contribution in [2.24, 2.45) is 5.92 Å². The molecule has 41 heavy (non-hydrogen) atoms. The fraction of sp³-hybridized carbons (Fsp3) is 0.321. The normalized spacial score (nSPS) is 15.1. The molecule has 1 amide bonds. The highest BCUT2D eigenvalue weighted by atomic mass is 32.2. The molecule has 0 fully saturated rings. The Kier molecular flexibility index (Phi) is 8.10. The maximum atomic E-state index is 13.5. The first kappa shape index (κ1) is 28.3. The van der Waals surface area contributed by atoms with Crippen LogP contribution in [-0.2, 0) is 16.3 Å². The van der Waals surface area contributed by atoms with Crippen LogP contribution in [0.3, 0.4) is 0 Å². The molecular formula is C28H30N2O10S. The molecule has 1 aliphatic heterocycles. The lowest BCUT2D eigenvalue weighted by atomic mass is 10.0. The first-order valence-corrected chi connectivity index (χ1v) is 14.4. The van der Waals surface area contributed by atoms with Crippen molar-refractivity contribution < 1.29 is 46.5 Å². The number of phenols is 1. The van der Waals surface area contributed by atoms with Crippen LogP contribution in [0.25, 0.3) is 11.2 Å². The number of hydrogen-bond donors (Lipinski definition) is 4. The second kappa shape index (κ2) is 11.7. The third kappa shape index (κ3) is 6.26. The van der Waals surface area contributed by atoms with Crippen molar-refractivity contribution in [1.82, 2.24) is 10.6 Å². The molecule has 2 aromatic carbocycles. The van der Waals surface area contributed by atoms with Crippen LogP contribution in [-0.4, -0.2) is 55.6 Å². The molecule has 1 unspecified atom stereocenters. The molecule has 13 heteroatoms. The highest BCUT2D eigenvalue weighted by Crippen LogP contribution is 2.35. The molecule has 0 saturated carbocycles. The number of fused-ring (bicyclic) bond motifs is 2. The fourth-order valence-electron chi connectivity index (χ4n) is 4.55. The van der Waals surface area contributed by atoms with Gasteiger partial charge in [0.2, 0.25) is 6.79 Å². The average molecular weight is 587 g/mol. The molecule has 4 aromatic rings. The molecule has 0 spiro atoms. The minimum Gasteiger partial charge on any atom is -0.508 e. The van der Waals surface area contributed by atoms with Crippen molar-refractivity contribution in [2.45, 2.75) is 42.7 Å². The van der Waals surface area contributed by atoms with E-state index in [1.165, 1.54) is 36.8 Å². The second-order valence-electron chi connectivity index (χ2n) is 9.93. The zero-order valence-electron chi connectivity index (χ0n) is 22.3. The topological polar surface area (TPSA) is 170 Å². The van der Waals surface area contributed by atoms with Gasteiger partial charge in [-0.15, -0.1) is 0 Å². The van der Waals surface area contributed by atoms with Gasteiger partial charge in [0.05, 0.1) is 23.3 Å². The van der Waals surface area contributed by atoms with Crippen LogP contribution in [0.1, 0.15) is 19.4 Å². The van der Waals surface area contributed by atoms with Crippen molar-refractivity contribution in [3.63, 3.8) is 0 Å². The number of aliphatic hydroxyl groups excluding tert-OH is 1. The molecule has 1 aliphatic rings. The van der Waals surface area contributed by atoms with Gasteiger partial charge in [-0.05, 0) is 48.2 Å². The molecule has 4 N–H and O–H groups in total. The highest BCUT2D eigenvalue weighted by molar-refractivity contribution is 7.92. The average Bonchev–Trinajstić information content (AvgIpc) is 3.67. The first-order valence-electron chi connectivity index (χ1n) is 12.9. The molecule has 0 bridgehead atoms. The molecule has 0 aliphatic carbocycles. The van der Waals surface area contributed by atoms with E-state index < -0.39 is 33.5 Å². The van der Waals surface area contributed by atoms with Gasteiger partial charge in [0.15, 0.2) is 27.1 Å². The van der Waals surface area contributed by atoms with E-state index in [2.05, 4.69) is 10.6 Å². The number of rotatable bonds is 11. The standard InChI is InChI=1S/C28H30N2O10S/c1-16(2)26(41(34,35)19-7-8-23-24(12-19)39-15-38-23)29-13-22(32)21(11-17-3-5-18(31)6-4-17)30-28(33)40-25-14-37-27-20(25)9-10-36-27/h3-10,12,14,16,21-22,26,29,31-32H,11,13,15H2,1-2H3,(H,30,33)/t21-,22+,26?/m0/s1. The Morgan fingerprint density at radius 2 is 1.80 bits per heavy atom. The summed E-state index contributed by atoms with van der Waals surface area (Å²) in [7, 11) is -3.90. The summed E-state index contributed by atoms with van der Waals surface area (Å²) in [5, 5.41) is 25.9. The summed E-state index contributed by atoms with van der Waals surface area (Å²) in [6.07, 6.45) is 0.694. The number of carbonyl (C=O) groups is 1. The van der Waals surface area contributed by atoms with E-state index >= 15 is 0 Å². The molecule has 0 radical (unpaired) electrons. The van der Waals surface area contributed by atoms with Gasteiger partial charge >= 0.3 is 11.9 Å². The number of phenolic OH excluding ortho intramolecular Hbond substituents is 1. The van der Waals surface area contributed by atoms with Crippen LogP contribution in [0.4, 0.5) is 4.79 Å². The van der Waals surface area contributed by atoms with E-state index in [4.69, 9.17) is 23.0 Å². The van der Waals surface area contributed by atoms with E-state index in [1.54, 1.807) is 38.1 Å². The zero-order valence-corrected chi connectivity index (χ0v) is 23.1. The van der Waals surface area contributed by atoms with Gasteiger partial charge in [-0.25, -0.2) is 13.2 Å². The third-order valence-electron chi connectivity index (χ3n) is 6.67. The number of furan rings is 2. The summed E-state index contributed by atoms with van der Waals surface area (Å²) in [4.78, 5) is 12.9. The number of amides is 1. The van der Waals surface area contributed by atoms with Gasteiger partial charge in [-0.1, -0.05) is 26.0 Å². The number of aromatic hydroxyl groups is 1. The Labute approximate surface area is 235 Å². The number of carbonyl (C=O) groups excluding carboxylic acids is 1. The van der Waals surface area contributed by atoms with E-state index in [1.807, 2.05) is 0 Å². The van der Waals surface area contributed by atoms with Crippen molar-refractivity contribution in [3.8, 4) is 23.0 Å². The quantitative estimate of drug-likeness (QED) is 0.203. The molecule has 5 rings (SSSR count). The molecule has 218 valence electrons. The smallest absolute Gasteiger partial charge is 0.413 e. The first-order chi connectivity index (χ1) is 19.6. The largest absolute Gasteiger partial charge is 0.508 e. The van der Waals surface area contributed by atoms with Crippen molar-refractivity contribution in [1.29, 1.82) is 0 Å². The zero-order chi connectivity index (χ0) is 29.1. The van der Waals surface area contributed by atoms with Gasteiger partial charge in [-0.2, -0.15) is 0 Å². The Hall–Kier alpha value is -4.20. The summed E-state index contributed by atoms with van der Waals surface area (Å²) >= 11 is 0. The molecule has 2 aromatic heterocycles. The predicted octanol–water partition coefficient (Wildman–Crippen LogP) is 3.57. The second-order valence-corrected chi connectivity index (χ2v) is 12.0. The van der Waals surface area contributed by atoms with Crippen molar-refractivity contribution >= 4 is 27.1 Å². The number of hydrogen-bond acceptors (Lipinski definition) is 11. The van der Waals surface area contributed by atoms with E-state index in [-0.39, 0.29) is 47.9 Å². The minimum atomic E-state index is -3.90. The number of benzene rings is 2. The van der Waals surface area contributed by atoms with E-state index in [0.717, 1.165) is 0 Å². The number of ether oxygens (including phenoxy) is 3. The highest BCUT2D eigenvalue weighted by Gasteiger charge is 2.33. The molecule has 0 saturated heterocycles. The van der Waals surface area contributed by atoms with E-state index in [9.17, 15) is 23.4 Å². The lowest BCUT2D eigenvalue weighted by molar-refractivity contribution is 0.117. The van der Waals surface area contributed by atoms with Gasteiger partial charge in [-0.3, -0.25) is 5.32 Å². The predicted molar refractivity (Wildman–Crippen MR) is 146 cm³/mol. The van der Waals surface area contributed by atoms with Crippen LogP contribution < -0.4 is 24.8 Å². The van der Waals surface area contributed by atoms with Gasteiger partial charge in [0, 0.05) is 12.6 Å². The third-order valence-corrected chi connectivity index (χ3v) is 8.96. The maximum Gasteiger partial charge on any atom is 0.413 e. The molecule has 3 atom stereocenters. The van der Waals surface area contributed by atoms with Gasteiger partial charge < -0.3 is 38.6 Å². The number of aliphatic hydroxyl groups is 1. The van der Waals surface area contributed by atoms with E-state index in [0.29, 0.717) is 22.4 Å². The van der Waals surface area contributed by atoms with Crippen LogP contribution in [0.5, 0.6) is 23.0 Å². The summed E-state index contributed by atoms with van der Waals surface area (Å²) < 4.78 is 53.4. The summed E-state index contributed by atoms with van der Waals surface area (Å²) in [5.74, 6) is 0.836. The van der Waals surface area contributed by atoms with Gasteiger partial charge in [0.1, 0.15) is 22.8 Å². The summed E-state index contributed by atoms with van der Waals surface area (Å²) in [6.45, 7) is 3.34. The maximum absolute atomic E-state index is 13.5. The monoisotopic (exact) mass is 586 g/mol. The van der Waals surface area contributed by atoms with Crippen molar-refractivity contribution in [2.75, 3.05) is 13.3 Å². The van der Waals surface area contributed by atoms with Crippen molar-refractivity contribution in [3.05, 3.63) is 66.6 Å². The van der Waals surface area contributed by atoms with Crippen LogP contribution in [0.15, 0.2) is 74.8 Å². The molecular weight excluding hydrogens is 556 g/mol. The minimum absolute atomic E-state index is 0.0162. The Morgan fingerprint density at radius 3 is 2.56 bits per heavy atom. The summed E-state index contributed by atoms with van der Waals surface area (Å²) in [6, 6.07) is 11.4. The van der Waals surface area contributed by atoms with Crippen LogP contribution in [0, 0.1) is 5.92 Å². The van der Waals surface area contributed by atoms with Crippen LogP contribution in [0.2, 0.25) is 0 Å². The lowest BCUT2D eigenvalue weighted by Crippen LogP contribution is -2.52. The van der Waals surface area contributed by atoms with Crippen LogP contribution >= 0.6 is 0 Å².